The number of furan rings is 1. The lowest BCUT2D eigenvalue weighted by Gasteiger charge is -1.97. The molecule has 4 nitrogen and oxygen atoms in total. The molecule has 2 aromatic heterocycles. The summed E-state index contributed by atoms with van der Waals surface area (Å²) in [5.74, 6) is 1.72. The summed E-state index contributed by atoms with van der Waals surface area (Å²) < 4.78 is 5.52. The largest absolute Gasteiger partial charge is 0.459 e. The summed E-state index contributed by atoms with van der Waals surface area (Å²) in [6.45, 7) is 6.10. The standard InChI is InChI=1S/C12H17N3OS/c1-3-13-8-4-5-11-14-15-12(17-11)10-7-6-9(2)16-10/h6-7,13H,3-5,8H2,1-2H3. The third-order valence-electron chi connectivity index (χ3n) is 2.41. The second kappa shape index (κ2) is 5.93. The van der Waals surface area contributed by atoms with Crippen LogP contribution in [-0.2, 0) is 6.42 Å². The predicted octanol–water partition coefficient (Wildman–Crippen LogP) is 2.65. The van der Waals surface area contributed by atoms with Crippen LogP contribution >= 0.6 is 11.3 Å². The van der Waals surface area contributed by atoms with Crippen molar-refractivity contribution >= 4 is 11.3 Å². The van der Waals surface area contributed by atoms with Gasteiger partial charge in [-0.2, -0.15) is 0 Å². The quantitative estimate of drug-likeness (QED) is 0.802. The monoisotopic (exact) mass is 251 g/mol. The van der Waals surface area contributed by atoms with Gasteiger partial charge in [0.1, 0.15) is 10.8 Å². The fraction of sp³-hybridized carbons (Fsp3) is 0.500. The first-order valence-corrected chi connectivity index (χ1v) is 6.71. The summed E-state index contributed by atoms with van der Waals surface area (Å²) in [5, 5.41) is 13.6. The molecule has 0 unspecified atom stereocenters. The van der Waals surface area contributed by atoms with Crippen LogP contribution in [0.2, 0.25) is 0 Å². The molecule has 0 aliphatic heterocycles. The first kappa shape index (κ1) is 12.3. The first-order chi connectivity index (χ1) is 8.29. The first-order valence-electron chi connectivity index (χ1n) is 5.89. The van der Waals surface area contributed by atoms with Crippen molar-refractivity contribution in [2.24, 2.45) is 0 Å². The van der Waals surface area contributed by atoms with Crippen LogP contribution in [0.3, 0.4) is 0 Å². The molecule has 0 atom stereocenters. The SMILES string of the molecule is CCNCCCc1nnc(-c2ccc(C)o2)s1. The minimum Gasteiger partial charge on any atom is -0.459 e. The molecule has 0 aliphatic rings. The number of nitrogens with one attached hydrogen (secondary N) is 1. The van der Waals surface area contributed by atoms with E-state index in [0.29, 0.717) is 0 Å². The van der Waals surface area contributed by atoms with Gasteiger partial charge >= 0.3 is 0 Å². The van der Waals surface area contributed by atoms with Crippen molar-refractivity contribution in [3.8, 4) is 10.8 Å². The van der Waals surface area contributed by atoms with Crippen molar-refractivity contribution in [2.75, 3.05) is 13.1 Å². The van der Waals surface area contributed by atoms with E-state index in [-0.39, 0.29) is 0 Å². The molecule has 0 fully saturated rings. The van der Waals surface area contributed by atoms with Gasteiger partial charge in [-0.05, 0) is 38.6 Å². The Bertz CT molecular complexity index is 464. The maximum atomic E-state index is 5.52. The summed E-state index contributed by atoms with van der Waals surface area (Å²) >= 11 is 1.61. The fourth-order valence-corrected chi connectivity index (χ4v) is 2.39. The highest BCUT2D eigenvalue weighted by Gasteiger charge is 2.09. The number of hydrogen-bond donors (Lipinski definition) is 1. The lowest BCUT2D eigenvalue weighted by molar-refractivity contribution is 0.547. The zero-order valence-corrected chi connectivity index (χ0v) is 11.0. The number of hydrogen-bond acceptors (Lipinski definition) is 5. The third-order valence-corrected chi connectivity index (χ3v) is 3.41. The number of aryl methyl sites for hydroxylation is 2. The number of nitrogens with zero attached hydrogens (tertiary/aromatic N) is 2. The molecule has 0 amide bonds. The molecule has 0 aromatic carbocycles. The van der Waals surface area contributed by atoms with Crippen molar-refractivity contribution in [1.82, 2.24) is 15.5 Å². The zero-order valence-electron chi connectivity index (χ0n) is 10.2. The smallest absolute Gasteiger partial charge is 0.183 e. The Hall–Kier alpha value is -1.20. The van der Waals surface area contributed by atoms with Crippen LogP contribution in [0.5, 0.6) is 0 Å². The van der Waals surface area contributed by atoms with E-state index in [1.54, 1.807) is 11.3 Å². The molecule has 0 aliphatic carbocycles. The predicted molar refractivity (Wildman–Crippen MR) is 69.2 cm³/mol. The molecule has 0 radical (unpaired) electrons. The Morgan fingerprint density at radius 2 is 2.24 bits per heavy atom. The highest BCUT2D eigenvalue weighted by Crippen LogP contribution is 2.25. The van der Waals surface area contributed by atoms with E-state index in [4.69, 9.17) is 4.42 Å². The van der Waals surface area contributed by atoms with Crippen molar-refractivity contribution < 1.29 is 4.42 Å². The second-order valence-corrected chi connectivity index (χ2v) is 4.93. The number of aromatic nitrogens is 2. The average molecular weight is 251 g/mol. The van der Waals surface area contributed by atoms with E-state index in [9.17, 15) is 0 Å². The molecule has 5 heteroatoms. The van der Waals surface area contributed by atoms with Crippen LogP contribution in [-0.4, -0.2) is 23.3 Å². The molecule has 2 rings (SSSR count). The van der Waals surface area contributed by atoms with Crippen molar-refractivity contribution in [3.05, 3.63) is 22.9 Å². The van der Waals surface area contributed by atoms with Gasteiger partial charge in [0.05, 0.1) is 0 Å². The Morgan fingerprint density at radius 3 is 2.94 bits per heavy atom. The van der Waals surface area contributed by atoms with Gasteiger partial charge < -0.3 is 9.73 Å². The van der Waals surface area contributed by atoms with E-state index in [1.165, 1.54) is 0 Å². The van der Waals surface area contributed by atoms with Gasteiger partial charge in [-0.3, -0.25) is 0 Å². The molecule has 0 saturated carbocycles. The topological polar surface area (TPSA) is 51.0 Å². The van der Waals surface area contributed by atoms with Crippen LogP contribution in [0.1, 0.15) is 24.1 Å². The lowest BCUT2D eigenvalue weighted by atomic mass is 10.3. The van der Waals surface area contributed by atoms with E-state index in [1.807, 2.05) is 19.1 Å². The van der Waals surface area contributed by atoms with Gasteiger partial charge in [0, 0.05) is 6.42 Å². The van der Waals surface area contributed by atoms with E-state index in [2.05, 4.69) is 22.4 Å². The van der Waals surface area contributed by atoms with Crippen molar-refractivity contribution in [2.45, 2.75) is 26.7 Å². The summed E-state index contributed by atoms with van der Waals surface area (Å²) in [5.41, 5.74) is 0. The molecule has 0 saturated heterocycles. The van der Waals surface area contributed by atoms with E-state index >= 15 is 0 Å². The molecule has 2 heterocycles. The highest BCUT2D eigenvalue weighted by molar-refractivity contribution is 7.14. The van der Waals surface area contributed by atoms with Gasteiger partial charge in [0.2, 0.25) is 0 Å². The van der Waals surface area contributed by atoms with Gasteiger partial charge in [-0.25, -0.2) is 0 Å². The lowest BCUT2D eigenvalue weighted by Crippen LogP contribution is -2.14. The van der Waals surface area contributed by atoms with Crippen LogP contribution in [0.4, 0.5) is 0 Å². The molecule has 2 aromatic rings. The molecular weight excluding hydrogens is 234 g/mol. The second-order valence-electron chi connectivity index (χ2n) is 3.87. The summed E-state index contributed by atoms with van der Waals surface area (Å²) in [4.78, 5) is 0. The normalized spacial score (nSPS) is 10.9. The minimum absolute atomic E-state index is 0.818. The Kier molecular flexibility index (Phi) is 4.28. The maximum absolute atomic E-state index is 5.52. The third kappa shape index (κ3) is 3.38. The maximum Gasteiger partial charge on any atom is 0.183 e. The van der Waals surface area contributed by atoms with Crippen LogP contribution in [0.25, 0.3) is 10.8 Å². The average Bonchev–Trinajstić information content (AvgIpc) is 2.93. The molecular formula is C12H17N3OS. The molecule has 0 bridgehead atoms. The van der Waals surface area contributed by atoms with Crippen molar-refractivity contribution in [3.63, 3.8) is 0 Å². The molecule has 92 valence electrons. The summed E-state index contributed by atoms with van der Waals surface area (Å²) in [6, 6.07) is 3.89. The van der Waals surface area contributed by atoms with E-state index < -0.39 is 0 Å². The van der Waals surface area contributed by atoms with Gasteiger partial charge in [-0.1, -0.05) is 18.3 Å². The van der Waals surface area contributed by atoms with Crippen molar-refractivity contribution in [1.29, 1.82) is 0 Å². The van der Waals surface area contributed by atoms with Gasteiger partial charge in [-0.15, -0.1) is 10.2 Å². The van der Waals surface area contributed by atoms with Gasteiger partial charge in [0.25, 0.3) is 0 Å². The summed E-state index contributed by atoms with van der Waals surface area (Å²) in [7, 11) is 0. The molecule has 17 heavy (non-hydrogen) atoms. The zero-order chi connectivity index (χ0) is 12.1. The van der Waals surface area contributed by atoms with Crippen LogP contribution < -0.4 is 5.32 Å². The highest BCUT2D eigenvalue weighted by atomic mass is 32.1. The molecule has 1 N–H and O–H groups in total. The van der Waals surface area contributed by atoms with E-state index in [0.717, 1.165) is 47.5 Å². The van der Waals surface area contributed by atoms with Crippen LogP contribution in [0.15, 0.2) is 16.5 Å². The Morgan fingerprint density at radius 1 is 1.35 bits per heavy atom. The molecule has 0 spiro atoms. The fourth-order valence-electron chi connectivity index (χ4n) is 1.55. The van der Waals surface area contributed by atoms with Crippen LogP contribution in [0, 0.1) is 6.92 Å². The number of rotatable bonds is 6. The Balaban J connectivity index is 1.92. The minimum atomic E-state index is 0.818. The Labute approximate surface area is 105 Å². The van der Waals surface area contributed by atoms with Gasteiger partial charge in [0.15, 0.2) is 10.8 Å². The summed E-state index contributed by atoms with van der Waals surface area (Å²) in [6.07, 6.45) is 2.07.